The molecule has 2 saturated heterocycles. The zero-order chi connectivity index (χ0) is 17.2. The van der Waals surface area contributed by atoms with Gasteiger partial charge in [-0.2, -0.15) is 0 Å². The third kappa shape index (κ3) is 4.00. The lowest BCUT2D eigenvalue weighted by Gasteiger charge is -2.39. The number of hydrogen-bond donors (Lipinski definition) is 1. The summed E-state index contributed by atoms with van der Waals surface area (Å²) in [6, 6.07) is 9.11. The largest absolute Gasteiger partial charge is 0.392 e. The summed E-state index contributed by atoms with van der Waals surface area (Å²) in [6.45, 7) is 2.91. The molecule has 6 heteroatoms. The molecule has 2 aliphatic heterocycles. The molecule has 0 radical (unpaired) electrons. The van der Waals surface area contributed by atoms with Gasteiger partial charge in [0.25, 0.3) is 0 Å². The second-order valence-electron chi connectivity index (χ2n) is 7.10. The van der Waals surface area contributed by atoms with Crippen LogP contribution in [0.2, 0.25) is 5.02 Å². The molecule has 25 heavy (non-hydrogen) atoms. The molecule has 2 aliphatic rings. The van der Waals surface area contributed by atoms with Crippen molar-refractivity contribution < 1.29 is 5.11 Å². The molecule has 2 fully saturated rings. The van der Waals surface area contributed by atoms with Crippen LogP contribution in [0.1, 0.15) is 24.8 Å². The first kappa shape index (κ1) is 17.3. The third-order valence-corrected chi connectivity index (χ3v) is 6.53. The van der Waals surface area contributed by atoms with Crippen molar-refractivity contribution in [2.75, 3.05) is 24.5 Å². The van der Waals surface area contributed by atoms with Crippen LogP contribution in [0, 0.1) is 0 Å². The number of aromatic nitrogens is 1. The molecule has 0 bridgehead atoms. The summed E-state index contributed by atoms with van der Waals surface area (Å²) in [5, 5.41) is 14.2. The fourth-order valence-corrected chi connectivity index (χ4v) is 5.04. The Morgan fingerprint density at radius 2 is 1.96 bits per heavy atom. The van der Waals surface area contributed by atoms with Gasteiger partial charge in [-0.3, -0.25) is 4.90 Å². The predicted octanol–water partition coefficient (Wildman–Crippen LogP) is 3.44. The fraction of sp³-hybridized carbons (Fsp3) is 0.526. The van der Waals surface area contributed by atoms with Crippen molar-refractivity contribution >= 4 is 28.1 Å². The minimum atomic E-state index is -0.200. The predicted molar refractivity (Wildman–Crippen MR) is 104 cm³/mol. The lowest BCUT2D eigenvalue weighted by Crippen LogP contribution is -2.47. The minimum absolute atomic E-state index is 0.200. The van der Waals surface area contributed by atoms with E-state index in [9.17, 15) is 5.11 Å². The molecule has 0 saturated carbocycles. The Hall–Kier alpha value is -1.14. The summed E-state index contributed by atoms with van der Waals surface area (Å²) < 4.78 is 0. The molecule has 1 aromatic carbocycles. The maximum absolute atomic E-state index is 10.2. The Balaban J connectivity index is 1.39. The first-order valence-electron chi connectivity index (χ1n) is 9.02. The van der Waals surface area contributed by atoms with Crippen LogP contribution in [-0.4, -0.2) is 52.8 Å². The minimum Gasteiger partial charge on any atom is -0.392 e. The number of thiazole rings is 1. The van der Waals surface area contributed by atoms with Gasteiger partial charge in [-0.15, -0.1) is 11.3 Å². The van der Waals surface area contributed by atoms with Crippen LogP contribution in [0.3, 0.4) is 0 Å². The molecule has 0 aliphatic carbocycles. The normalized spacial score (nSPS) is 25.6. The summed E-state index contributed by atoms with van der Waals surface area (Å²) >= 11 is 7.72. The van der Waals surface area contributed by atoms with Crippen molar-refractivity contribution in [3.8, 4) is 0 Å². The maximum atomic E-state index is 10.2. The number of piperidine rings is 1. The maximum Gasteiger partial charge on any atom is 0.185 e. The van der Waals surface area contributed by atoms with E-state index in [0.29, 0.717) is 12.1 Å². The average molecular weight is 378 g/mol. The van der Waals surface area contributed by atoms with Crippen molar-refractivity contribution in [2.45, 2.75) is 43.9 Å². The average Bonchev–Trinajstić information content (AvgIpc) is 3.27. The number of nitrogens with zero attached hydrogens (tertiary/aromatic N) is 3. The summed E-state index contributed by atoms with van der Waals surface area (Å²) in [5.41, 5.74) is 1.30. The van der Waals surface area contributed by atoms with Crippen molar-refractivity contribution in [3.63, 3.8) is 0 Å². The lowest BCUT2D eigenvalue weighted by atomic mass is 9.99. The molecule has 3 heterocycles. The highest BCUT2D eigenvalue weighted by molar-refractivity contribution is 7.13. The van der Waals surface area contributed by atoms with Gasteiger partial charge in [0, 0.05) is 48.3 Å². The van der Waals surface area contributed by atoms with E-state index in [1.165, 1.54) is 5.56 Å². The first-order valence-corrected chi connectivity index (χ1v) is 10.3. The van der Waals surface area contributed by atoms with E-state index in [1.54, 1.807) is 11.3 Å². The Labute approximate surface area is 158 Å². The molecule has 2 aromatic rings. The van der Waals surface area contributed by atoms with E-state index in [4.69, 9.17) is 11.6 Å². The molecule has 2 atom stereocenters. The van der Waals surface area contributed by atoms with Crippen LogP contribution in [-0.2, 0) is 6.42 Å². The van der Waals surface area contributed by atoms with Gasteiger partial charge >= 0.3 is 0 Å². The van der Waals surface area contributed by atoms with Gasteiger partial charge in [0.1, 0.15) is 0 Å². The standard InChI is InChI=1S/C19H24ClN3OS/c20-15-3-1-14(2-4-15)11-17-12-18(24)13-23(17)16-5-8-22(9-6-16)19-21-7-10-25-19/h1-4,7,10,16-18,24H,5-6,8-9,11-13H2/t17-,18-/m0/s1. The summed E-state index contributed by atoms with van der Waals surface area (Å²) in [4.78, 5) is 9.38. The van der Waals surface area contributed by atoms with Gasteiger partial charge in [-0.25, -0.2) is 4.98 Å². The highest BCUT2D eigenvalue weighted by atomic mass is 35.5. The number of β-amino-alcohol motifs (C(OH)–C–C–N with tert-alkyl or cyclic N) is 1. The molecule has 0 spiro atoms. The van der Waals surface area contributed by atoms with Gasteiger partial charge in [0.15, 0.2) is 5.13 Å². The number of halogens is 1. The van der Waals surface area contributed by atoms with Gasteiger partial charge in [0.05, 0.1) is 6.10 Å². The molecular formula is C19H24ClN3OS. The molecule has 1 N–H and O–H groups in total. The molecule has 4 nitrogen and oxygen atoms in total. The number of likely N-dealkylation sites (tertiary alicyclic amines) is 1. The monoisotopic (exact) mass is 377 g/mol. The van der Waals surface area contributed by atoms with Crippen LogP contribution >= 0.6 is 22.9 Å². The molecular weight excluding hydrogens is 354 g/mol. The van der Waals surface area contributed by atoms with Crippen LogP contribution in [0.5, 0.6) is 0 Å². The van der Waals surface area contributed by atoms with E-state index in [-0.39, 0.29) is 6.10 Å². The first-order chi connectivity index (χ1) is 12.2. The van der Waals surface area contributed by atoms with Crippen molar-refractivity contribution in [1.29, 1.82) is 0 Å². The van der Waals surface area contributed by atoms with E-state index in [1.807, 2.05) is 23.7 Å². The molecule has 0 unspecified atom stereocenters. The summed E-state index contributed by atoms with van der Waals surface area (Å²) in [5.74, 6) is 0. The van der Waals surface area contributed by atoms with Crippen LogP contribution in [0.4, 0.5) is 5.13 Å². The number of hydrogen-bond acceptors (Lipinski definition) is 5. The van der Waals surface area contributed by atoms with Crippen LogP contribution in [0.15, 0.2) is 35.8 Å². The van der Waals surface area contributed by atoms with Gasteiger partial charge in [-0.1, -0.05) is 23.7 Å². The molecule has 134 valence electrons. The Kier molecular flexibility index (Phi) is 5.27. The Bertz CT molecular complexity index is 670. The molecule has 0 amide bonds. The van der Waals surface area contributed by atoms with Crippen molar-refractivity contribution in [2.24, 2.45) is 0 Å². The Morgan fingerprint density at radius 3 is 2.64 bits per heavy atom. The topological polar surface area (TPSA) is 39.6 Å². The van der Waals surface area contributed by atoms with Crippen molar-refractivity contribution in [1.82, 2.24) is 9.88 Å². The fourth-order valence-electron chi connectivity index (χ4n) is 4.22. The van der Waals surface area contributed by atoms with E-state index < -0.39 is 0 Å². The lowest BCUT2D eigenvalue weighted by molar-refractivity contribution is 0.131. The van der Waals surface area contributed by atoms with Gasteiger partial charge in [0.2, 0.25) is 0 Å². The number of benzene rings is 1. The Morgan fingerprint density at radius 1 is 1.20 bits per heavy atom. The van der Waals surface area contributed by atoms with Crippen molar-refractivity contribution in [3.05, 3.63) is 46.4 Å². The van der Waals surface area contributed by atoms with Gasteiger partial charge < -0.3 is 10.0 Å². The third-order valence-electron chi connectivity index (χ3n) is 5.44. The van der Waals surface area contributed by atoms with Crippen LogP contribution < -0.4 is 4.90 Å². The zero-order valence-corrected chi connectivity index (χ0v) is 15.8. The highest BCUT2D eigenvalue weighted by Crippen LogP contribution is 2.30. The quantitative estimate of drug-likeness (QED) is 0.885. The highest BCUT2D eigenvalue weighted by Gasteiger charge is 2.37. The number of rotatable bonds is 4. The summed E-state index contributed by atoms with van der Waals surface area (Å²) in [6.07, 6.45) is 5.82. The second-order valence-corrected chi connectivity index (χ2v) is 8.41. The van der Waals surface area contributed by atoms with E-state index >= 15 is 0 Å². The molecule has 1 aromatic heterocycles. The van der Waals surface area contributed by atoms with Crippen LogP contribution in [0.25, 0.3) is 0 Å². The van der Waals surface area contributed by atoms with Gasteiger partial charge in [-0.05, 0) is 43.4 Å². The smallest absolute Gasteiger partial charge is 0.185 e. The zero-order valence-electron chi connectivity index (χ0n) is 14.2. The second kappa shape index (κ2) is 7.62. The van der Waals surface area contributed by atoms with E-state index in [2.05, 4.69) is 26.9 Å². The van der Waals surface area contributed by atoms with E-state index in [0.717, 1.165) is 55.5 Å². The number of aliphatic hydroxyl groups is 1. The number of anilines is 1. The summed E-state index contributed by atoms with van der Waals surface area (Å²) in [7, 11) is 0. The molecule has 4 rings (SSSR count). The number of aliphatic hydroxyl groups excluding tert-OH is 1. The SMILES string of the molecule is O[C@H]1C[C@H](Cc2ccc(Cl)cc2)N(C2CCN(c3nccs3)CC2)C1.